The van der Waals surface area contributed by atoms with Gasteiger partial charge in [0.2, 0.25) is 0 Å². The molecular weight excluding hydrogens is 455 g/mol. The highest BCUT2D eigenvalue weighted by Crippen LogP contribution is 2.25. The van der Waals surface area contributed by atoms with Gasteiger partial charge >= 0.3 is 5.76 Å². The fourth-order valence-electron chi connectivity index (χ4n) is 4.24. The highest BCUT2D eigenvalue weighted by Gasteiger charge is 2.29. The summed E-state index contributed by atoms with van der Waals surface area (Å²) in [6, 6.07) is 5.60. The number of aliphatic imine (C=N–C) groups is 1. The first-order valence-electron chi connectivity index (χ1n) is 11.2. The van der Waals surface area contributed by atoms with Crippen molar-refractivity contribution < 1.29 is 18.6 Å². The molecule has 11 heteroatoms. The van der Waals surface area contributed by atoms with Gasteiger partial charge in [-0.15, -0.1) is 0 Å². The van der Waals surface area contributed by atoms with Crippen LogP contribution in [0.3, 0.4) is 0 Å². The summed E-state index contributed by atoms with van der Waals surface area (Å²) in [6.07, 6.45) is 4.20. The molecule has 35 heavy (non-hydrogen) atoms. The lowest BCUT2D eigenvalue weighted by molar-refractivity contribution is -0.884. The van der Waals surface area contributed by atoms with E-state index in [0.717, 1.165) is 16.9 Å². The van der Waals surface area contributed by atoms with Gasteiger partial charge in [0.15, 0.2) is 0 Å². The zero-order valence-corrected chi connectivity index (χ0v) is 19.4. The van der Waals surface area contributed by atoms with Crippen LogP contribution >= 0.6 is 0 Å². The molecule has 0 saturated carbocycles. The quantitative estimate of drug-likeness (QED) is 0.285. The van der Waals surface area contributed by atoms with Gasteiger partial charge in [0.05, 0.1) is 31.6 Å². The maximum Gasteiger partial charge on any atom is 0.441 e. The third-order valence-corrected chi connectivity index (χ3v) is 6.08. The van der Waals surface area contributed by atoms with E-state index in [1.165, 1.54) is 18.2 Å². The summed E-state index contributed by atoms with van der Waals surface area (Å²) in [5.74, 6) is -0.437. The van der Waals surface area contributed by atoms with Crippen molar-refractivity contribution in [3.05, 3.63) is 69.4 Å². The number of halogens is 1. The second-order valence-electron chi connectivity index (χ2n) is 8.53. The number of hydrogen-bond acceptors (Lipinski definition) is 9. The number of nitrogens with one attached hydrogen (secondary N) is 1. The number of aliphatic hydroxyl groups excluding tert-OH is 1. The number of hydroxylamine groups is 3. The van der Waals surface area contributed by atoms with Crippen LogP contribution in [0.25, 0.3) is 17.0 Å². The number of rotatable bonds is 8. The maximum atomic E-state index is 13.6. The molecule has 2 N–H and O–H groups in total. The first-order valence-corrected chi connectivity index (χ1v) is 11.2. The molecule has 1 aromatic carbocycles. The molecule has 0 bridgehead atoms. The maximum absolute atomic E-state index is 13.6. The van der Waals surface area contributed by atoms with Crippen LogP contribution in [0.4, 0.5) is 16.0 Å². The fourth-order valence-corrected chi connectivity index (χ4v) is 4.24. The first kappa shape index (κ1) is 24.5. The number of hydrogen-bond donors (Lipinski definition) is 2. The van der Waals surface area contributed by atoms with Gasteiger partial charge in [-0.25, -0.2) is 14.2 Å². The van der Waals surface area contributed by atoms with Crippen molar-refractivity contribution in [2.45, 2.75) is 13.0 Å². The molecule has 1 unspecified atom stereocenters. The summed E-state index contributed by atoms with van der Waals surface area (Å²) >= 11 is 0. The number of benzene rings is 1. The summed E-state index contributed by atoms with van der Waals surface area (Å²) in [6.45, 7) is 6.92. The van der Waals surface area contributed by atoms with Crippen molar-refractivity contribution in [2.75, 3.05) is 49.5 Å². The molecule has 0 spiro atoms. The molecule has 0 aliphatic carbocycles. The Morgan fingerprint density at radius 3 is 2.91 bits per heavy atom. The Balaban J connectivity index is 1.37. The lowest BCUT2D eigenvalue weighted by Crippen LogP contribution is -2.59. The highest BCUT2D eigenvalue weighted by atomic mass is 19.1. The molecule has 1 aliphatic heterocycles. The zero-order valence-electron chi connectivity index (χ0n) is 19.4. The van der Waals surface area contributed by atoms with Crippen molar-refractivity contribution in [2.24, 2.45) is 4.99 Å². The predicted molar refractivity (Wildman–Crippen MR) is 133 cm³/mol. The number of aromatic nitrogens is 2. The van der Waals surface area contributed by atoms with Crippen molar-refractivity contribution in [1.29, 1.82) is 0 Å². The van der Waals surface area contributed by atoms with Gasteiger partial charge in [-0.2, -0.15) is 4.98 Å². The predicted octanol–water partition coefficient (Wildman–Crippen LogP) is 2.31. The summed E-state index contributed by atoms with van der Waals surface area (Å²) in [7, 11) is 0. The Hall–Kier alpha value is -3.67. The number of piperazine rings is 1. The van der Waals surface area contributed by atoms with E-state index in [9.17, 15) is 19.5 Å². The molecule has 0 radical (unpaired) electrons. The average Bonchev–Trinajstić information content (AvgIpc) is 2.83. The van der Waals surface area contributed by atoms with Crippen LogP contribution in [0, 0.1) is 17.9 Å². The molecule has 1 fully saturated rings. The van der Waals surface area contributed by atoms with Gasteiger partial charge in [-0.1, -0.05) is 0 Å². The van der Waals surface area contributed by atoms with Crippen LogP contribution in [-0.4, -0.2) is 71.8 Å². The van der Waals surface area contributed by atoms with Crippen LogP contribution in [-0.2, 0) is 0 Å². The van der Waals surface area contributed by atoms with Crippen molar-refractivity contribution in [3.63, 3.8) is 0 Å². The molecule has 2 aromatic heterocycles. The van der Waals surface area contributed by atoms with Crippen molar-refractivity contribution in [3.8, 4) is 0 Å². The number of anilines is 2. The fraction of sp³-hybridized carbons (Fsp3) is 0.333. The minimum absolute atomic E-state index is 0.0274. The minimum Gasteiger partial charge on any atom is -0.633 e. The SMILES string of the molecule is C=N/C=C\c1ccnc(N2CC[N+]([O-])(CC(O)CNc3nc(=O)oc4ccc(F)cc34)CC2)c1C. The molecule has 3 aromatic rings. The Labute approximate surface area is 201 Å². The summed E-state index contributed by atoms with van der Waals surface area (Å²) in [4.78, 5) is 25.7. The highest BCUT2D eigenvalue weighted by molar-refractivity contribution is 5.87. The Bertz CT molecular complexity index is 1300. The van der Waals surface area contributed by atoms with E-state index in [0.29, 0.717) is 13.1 Å². The molecular formula is C24H27FN6O4. The summed E-state index contributed by atoms with van der Waals surface area (Å²) in [5.41, 5.74) is 2.15. The molecule has 184 valence electrons. The largest absolute Gasteiger partial charge is 0.633 e. The average molecular weight is 483 g/mol. The summed E-state index contributed by atoms with van der Waals surface area (Å²) < 4.78 is 18.1. The molecule has 3 heterocycles. The van der Waals surface area contributed by atoms with E-state index < -0.39 is 22.3 Å². The van der Waals surface area contributed by atoms with E-state index in [4.69, 9.17) is 4.42 Å². The summed E-state index contributed by atoms with van der Waals surface area (Å²) in [5, 5.41) is 26.9. The number of fused-ring (bicyclic) bond motifs is 1. The lowest BCUT2D eigenvalue weighted by atomic mass is 10.1. The normalized spacial score (nSPS) is 16.5. The van der Waals surface area contributed by atoms with Crippen molar-refractivity contribution >= 4 is 35.4 Å². The molecule has 1 saturated heterocycles. The molecule has 4 rings (SSSR count). The number of pyridine rings is 1. The first-order chi connectivity index (χ1) is 16.8. The van der Waals surface area contributed by atoms with Gasteiger partial charge < -0.3 is 29.6 Å². The standard InChI is InChI=1S/C24H27FN6O4/c1-16-17(5-7-26-2)6-8-27-23(16)30-9-11-31(34,12-10-30)15-19(32)14-28-22-20-13-18(25)3-4-21(20)35-24(33)29-22/h3-8,13,19,32H,2,9-12,14-15H2,1H3,(H,28,29,33)/b7-5-. The monoisotopic (exact) mass is 482 g/mol. The van der Waals surface area contributed by atoms with E-state index >= 15 is 0 Å². The zero-order chi connectivity index (χ0) is 25.0. The second-order valence-corrected chi connectivity index (χ2v) is 8.53. The number of aliphatic hydroxyl groups is 1. The van der Waals surface area contributed by atoms with Crippen LogP contribution in [0.15, 0.2) is 50.9 Å². The Morgan fingerprint density at radius 1 is 1.40 bits per heavy atom. The van der Waals surface area contributed by atoms with Crippen LogP contribution < -0.4 is 16.0 Å². The van der Waals surface area contributed by atoms with E-state index in [1.807, 2.05) is 19.1 Å². The van der Waals surface area contributed by atoms with E-state index in [1.54, 1.807) is 12.4 Å². The smallest absolute Gasteiger partial charge is 0.441 e. The second kappa shape index (κ2) is 10.3. The van der Waals surface area contributed by atoms with Crippen LogP contribution in [0.5, 0.6) is 0 Å². The van der Waals surface area contributed by atoms with Gasteiger partial charge in [0.25, 0.3) is 0 Å². The van der Waals surface area contributed by atoms with E-state index in [-0.39, 0.29) is 43.0 Å². The third-order valence-electron chi connectivity index (χ3n) is 6.08. The molecule has 1 aliphatic rings. The van der Waals surface area contributed by atoms with Gasteiger partial charge in [0, 0.05) is 18.9 Å². The molecule has 0 amide bonds. The number of quaternary nitrogens is 1. The molecule has 10 nitrogen and oxygen atoms in total. The Morgan fingerprint density at radius 2 is 2.17 bits per heavy atom. The van der Waals surface area contributed by atoms with Gasteiger partial charge in [-0.05, 0) is 55.1 Å². The van der Waals surface area contributed by atoms with Crippen LogP contribution in [0.1, 0.15) is 11.1 Å². The Kier molecular flexibility index (Phi) is 7.20. The minimum atomic E-state index is -1.00. The molecule has 1 atom stereocenters. The third kappa shape index (κ3) is 5.70. The topological polar surface area (TPSA) is 127 Å². The van der Waals surface area contributed by atoms with E-state index in [2.05, 4.69) is 31.9 Å². The van der Waals surface area contributed by atoms with Gasteiger partial charge in [0.1, 0.15) is 35.7 Å². The van der Waals surface area contributed by atoms with Crippen LogP contribution in [0.2, 0.25) is 0 Å². The lowest BCUT2D eigenvalue weighted by Gasteiger charge is -2.49. The van der Waals surface area contributed by atoms with Crippen molar-refractivity contribution in [1.82, 2.24) is 9.97 Å². The number of nitrogens with zero attached hydrogens (tertiary/aromatic N) is 5. The van der Waals surface area contributed by atoms with Gasteiger partial charge in [-0.3, -0.25) is 4.99 Å².